The van der Waals surface area contributed by atoms with Crippen LogP contribution in [0.15, 0.2) is 249 Å². The number of nitrogens with zero attached hydrogens (tertiary/aromatic N) is 1. The summed E-state index contributed by atoms with van der Waals surface area (Å²) < 4.78 is 0. The lowest BCUT2D eigenvalue weighted by molar-refractivity contribution is 1.28. The van der Waals surface area contributed by atoms with Crippen molar-refractivity contribution in [2.24, 2.45) is 0 Å². The first-order valence-electron chi connectivity index (χ1n) is 21.0. The quantitative estimate of drug-likeness (QED) is 0.139. The first-order chi connectivity index (χ1) is 30.2. The molecule has 0 bridgehead atoms. The number of benzene rings is 11. The van der Waals surface area contributed by atoms with E-state index in [0.29, 0.717) is 0 Å². The summed E-state index contributed by atoms with van der Waals surface area (Å²) in [5.74, 6) is 0. The summed E-state index contributed by atoms with van der Waals surface area (Å²) in [6, 6.07) is 90.5. The average molecular weight is 776 g/mol. The minimum absolute atomic E-state index is 1.08. The van der Waals surface area contributed by atoms with Gasteiger partial charge < -0.3 is 4.90 Å². The van der Waals surface area contributed by atoms with Gasteiger partial charge in [0, 0.05) is 16.9 Å². The maximum absolute atomic E-state index is 2.44. The summed E-state index contributed by atoms with van der Waals surface area (Å²) in [7, 11) is 0. The van der Waals surface area contributed by atoms with Crippen LogP contribution in [0.3, 0.4) is 0 Å². The molecule has 0 aliphatic carbocycles. The van der Waals surface area contributed by atoms with Gasteiger partial charge >= 0.3 is 0 Å². The SMILES string of the molecule is c1ccc(-c2cccc(-c3ccc(N(c4ccc(-c5cccc6ccccc56)cc4)c4cc(-c5cc6ccccc6c6ccccc56)ccc4-c4ccccc4)cc3)c2)cc1. The summed E-state index contributed by atoms with van der Waals surface area (Å²) in [4.78, 5) is 2.44. The molecule has 0 saturated heterocycles. The van der Waals surface area contributed by atoms with Crippen LogP contribution in [0.4, 0.5) is 17.1 Å². The van der Waals surface area contributed by atoms with Crippen molar-refractivity contribution in [2.75, 3.05) is 4.90 Å². The molecule has 11 aromatic rings. The number of hydrogen-bond acceptors (Lipinski definition) is 1. The van der Waals surface area contributed by atoms with Crippen LogP contribution in [0.1, 0.15) is 0 Å². The molecule has 0 aliphatic rings. The molecule has 1 heteroatoms. The molecule has 0 heterocycles. The smallest absolute Gasteiger partial charge is 0.0546 e. The van der Waals surface area contributed by atoms with Gasteiger partial charge in [-0.25, -0.2) is 0 Å². The number of fused-ring (bicyclic) bond motifs is 4. The zero-order chi connectivity index (χ0) is 40.5. The van der Waals surface area contributed by atoms with Crippen molar-refractivity contribution < 1.29 is 0 Å². The molecule has 286 valence electrons. The maximum Gasteiger partial charge on any atom is 0.0546 e. The Kier molecular flexibility index (Phi) is 9.26. The van der Waals surface area contributed by atoms with E-state index in [1.807, 2.05) is 0 Å². The summed E-state index contributed by atoms with van der Waals surface area (Å²) >= 11 is 0. The van der Waals surface area contributed by atoms with Crippen LogP contribution in [-0.4, -0.2) is 0 Å². The highest BCUT2D eigenvalue weighted by Crippen LogP contribution is 2.45. The predicted octanol–water partition coefficient (Wildman–Crippen LogP) is 17.0. The van der Waals surface area contributed by atoms with Crippen molar-refractivity contribution in [1.82, 2.24) is 0 Å². The van der Waals surface area contributed by atoms with Gasteiger partial charge in [-0.15, -0.1) is 0 Å². The summed E-state index contributed by atoms with van der Waals surface area (Å²) in [5.41, 5.74) is 15.2. The van der Waals surface area contributed by atoms with E-state index >= 15 is 0 Å². The van der Waals surface area contributed by atoms with Gasteiger partial charge in [0.15, 0.2) is 0 Å². The fourth-order valence-electron chi connectivity index (χ4n) is 9.05. The van der Waals surface area contributed by atoms with Crippen LogP contribution in [0, 0.1) is 0 Å². The molecule has 0 aliphatic heterocycles. The second-order valence-corrected chi connectivity index (χ2v) is 15.7. The van der Waals surface area contributed by atoms with Crippen LogP contribution in [0.5, 0.6) is 0 Å². The Morgan fingerprint density at radius 1 is 0.213 bits per heavy atom. The zero-order valence-corrected chi connectivity index (χ0v) is 33.6. The largest absolute Gasteiger partial charge is 0.310 e. The second-order valence-electron chi connectivity index (χ2n) is 15.7. The minimum Gasteiger partial charge on any atom is -0.310 e. The topological polar surface area (TPSA) is 3.24 Å². The van der Waals surface area contributed by atoms with E-state index in [1.54, 1.807) is 0 Å². The van der Waals surface area contributed by atoms with E-state index in [9.17, 15) is 0 Å². The molecule has 0 saturated carbocycles. The highest BCUT2D eigenvalue weighted by molar-refractivity contribution is 6.14. The summed E-state index contributed by atoms with van der Waals surface area (Å²) in [5, 5.41) is 7.50. The van der Waals surface area contributed by atoms with Gasteiger partial charge in [0.25, 0.3) is 0 Å². The fraction of sp³-hybridized carbons (Fsp3) is 0. The van der Waals surface area contributed by atoms with Gasteiger partial charge in [0.05, 0.1) is 5.69 Å². The third kappa shape index (κ3) is 6.83. The molecule has 0 unspecified atom stereocenters. The Morgan fingerprint density at radius 3 is 1.39 bits per heavy atom. The molecule has 0 atom stereocenters. The highest BCUT2D eigenvalue weighted by atomic mass is 15.1. The highest BCUT2D eigenvalue weighted by Gasteiger charge is 2.20. The molecule has 11 rings (SSSR count). The fourth-order valence-corrected chi connectivity index (χ4v) is 9.05. The van der Waals surface area contributed by atoms with Crippen molar-refractivity contribution in [3.05, 3.63) is 249 Å². The predicted molar refractivity (Wildman–Crippen MR) is 261 cm³/mol. The molecule has 11 aromatic carbocycles. The lowest BCUT2D eigenvalue weighted by Gasteiger charge is -2.29. The van der Waals surface area contributed by atoms with E-state index in [1.165, 1.54) is 82.4 Å². The van der Waals surface area contributed by atoms with E-state index in [0.717, 1.165) is 22.6 Å². The van der Waals surface area contributed by atoms with Gasteiger partial charge in [-0.05, 0) is 125 Å². The number of anilines is 3. The van der Waals surface area contributed by atoms with Gasteiger partial charge in [0.1, 0.15) is 0 Å². The third-order valence-electron chi connectivity index (χ3n) is 12.1. The molecule has 1 nitrogen and oxygen atoms in total. The molecule has 0 N–H and O–H groups in total. The van der Waals surface area contributed by atoms with Crippen LogP contribution < -0.4 is 4.90 Å². The molecule has 0 aromatic heterocycles. The van der Waals surface area contributed by atoms with Gasteiger partial charge in [-0.3, -0.25) is 0 Å². The Balaban J connectivity index is 1.10. The maximum atomic E-state index is 2.44. The third-order valence-corrected chi connectivity index (χ3v) is 12.1. The molecule has 0 spiro atoms. The molecule has 0 radical (unpaired) electrons. The standard InChI is InChI=1S/C60H41N/c1-3-15-42(16-4-1)47-22-13-23-48(39-47)43-29-34-51(35-30-43)61(52-36-31-46(32-37-52)54-28-14-21-44-19-7-9-24-53(44)54)60-41-50(33-38-56(60)45-17-5-2-6-18-45)59-40-49-20-8-10-25-55(49)57-26-11-12-27-58(57)59/h1-41H. The van der Waals surface area contributed by atoms with E-state index in [-0.39, 0.29) is 0 Å². The summed E-state index contributed by atoms with van der Waals surface area (Å²) in [6.45, 7) is 0. The van der Waals surface area contributed by atoms with Crippen LogP contribution >= 0.6 is 0 Å². The molecular weight excluding hydrogens is 735 g/mol. The lowest BCUT2D eigenvalue weighted by Crippen LogP contribution is -2.11. The first-order valence-corrected chi connectivity index (χ1v) is 21.0. The van der Waals surface area contributed by atoms with Crippen molar-refractivity contribution in [3.63, 3.8) is 0 Å². The van der Waals surface area contributed by atoms with Crippen LogP contribution in [0.25, 0.3) is 88.0 Å². The Labute approximate surface area is 357 Å². The average Bonchev–Trinajstić information content (AvgIpc) is 3.35. The Morgan fingerprint density at radius 2 is 0.689 bits per heavy atom. The monoisotopic (exact) mass is 775 g/mol. The van der Waals surface area contributed by atoms with Crippen molar-refractivity contribution in [1.29, 1.82) is 0 Å². The van der Waals surface area contributed by atoms with Gasteiger partial charge in [0.2, 0.25) is 0 Å². The van der Waals surface area contributed by atoms with Crippen molar-refractivity contribution in [3.8, 4) is 55.6 Å². The number of rotatable bonds is 8. The molecule has 61 heavy (non-hydrogen) atoms. The van der Waals surface area contributed by atoms with E-state index in [2.05, 4.69) is 254 Å². The van der Waals surface area contributed by atoms with E-state index < -0.39 is 0 Å². The minimum atomic E-state index is 1.08. The van der Waals surface area contributed by atoms with Crippen molar-refractivity contribution >= 4 is 49.4 Å². The van der Waals surface area contributed by atoms with Crippen LogP contribution in [0.2, 0.25) is 0 Å². The van der Waals surface area contributed by atoms with Crippen molar-refractivity contribution in [2.45, 2.75) is 0 Å². The normalized spacial score (nSPS) is 11.3. The van der Waals surface area contributed by atoms with Gasteiger partial charge in [-0.1, -0.05) is 206 Å². The van der Waals surface area contributed by atoms with E-state index in [4.69, 9.17) is 0 Å². The van der Waals surface area contributed by atoms with Crippen LogP contribution in [-0.2, 0) is 0 Å². The first kappa shape index (κ1) is 36.1. The Hall–Kier alpha value is -8.00. The lowest BCUT2D eigenvalue weighted by atomic mass is 9.91. The Bertz CT molecular complexity index is 3330. The second kappa shape index (κ2) is 15.6. The molecular formula is C60H41N. The molecule has 0 amide bonds. The van der Waals surface area contributed by atoms with Gasteiger partial charge in [-0.2, -0.15) is 0 Å². The number of hydrogen-bond donors (Lipinski definition) is 0. The zero-order valence-electron chi connectivity index (χ0n) is 33.6. The molecule has 0 fully saturated rings. The summed E-state index contributed by atoms with van der Waals surface area (Å²) in [6.07, 6.45) is 0.